The first-order chi connectivity index (χ1) is 6.79. The molecule has 1 heterocycles. The first-order valence-electron chi connectivity index (χ1n) is 4.46. The fourth-order valence-electron chi connectivity index (χ4n) is 1.35. The zero-order valence-corrected chi connectivity index (χ0v) is 7.55. The van der Waals surface area contributed by atoms with Crippen LogP contribution in [0.2, 0.25) is 0 Å². The number of benzene rings is 1. The second-order valence-electron chi connectivity index (χ2n) is 3.30. The molecular formula is C10H10FN3. The van der Waals surface area contributed by atoms with Gasteiger partial charge in [0.25, 0.3) is 0 Å². The van der Waals surface area contributed by atoms with E-state index in [2.05, 4.69) is 10.6 Å². The lowest BCUT2D eigenvalue weighted by molar-refractivity contribution is 0.472. The highest BCUT2D eigenvalue weighted by Crippen LogP contribution is 2.17. The number of nitriles is 1. The van der Waals surface area contributed by atoms with Crippen LogP contribution in [0, 0.1) is 17.1 Å². The van der Waals surface area contributed by atoms with Crippen LogP contribution in [0.1, 0.15) is 5.56 Å². The van der Waals surface area contributed by atoms with Crippen molar-refractivity contribution in [3.63, 3.8) is 0 Å². The van der Waals surface area contributed by atoms with E-state index in [1.165, 1.54) is 12.1 Å². The van der Waals surface area contributed by atoms with Crippen LogP contribution in [-0.4, -0.2) is 19.1 Å². The highest BCUT2D eigenvalue weighted by Gasteiger charge is 2.17. The third-order valence-corrected chi connectivity index (χ3v) is 2.24. The topological polar surface area (TPSA) is 47.9 Å². The van der Waals surface area contributed by atoms with Crippen molar-refractivity contribution in [1.82, 2.24) is 5.32 Å². The lowest BCUT2D eigenvalue weighted by Gasteiger charge is -2.29. The summed E-state index contributed by atoms with van der Waals surface area (Å²) in [5.74, 6) is -0.376. The number of hydrogen-bond acceptors (Lipinski definition) is 3. The van der Waals surface area contributed by atoms with E-state index in [0.717, 1.165) is 13.1 Å². The van der Waals surface area contributed by atoms with E-state index in [1.807, 2.05) is 6.07 Å². The number of hydrogen-bond donors (Lipinski definition) is 2. The largest absolute Gasteiger partial charge is 0.379 e. The molecule has 2 rings (SSSR count). The molecule has 1 aromatic carbocycles. The van der Waals surface area contributed by atoms with Crippen molar-refractivity contribution in [1.29, 1.82) is 5.26 Å². The molecule has 0 bridgehead atoms. The molecule has 1 aliphatic heterocycles. The van der Waals surface area contributed by atoms with Crippen LogP contribution >= 0.6 is 0 Å². The van der Waals surface area contributed by atoms with Gasteiger partial charge in [-0.3, -0.25) is 0 Å². The predicted octanol–water partition coefficient (Wildman–Crippen LogP) is 1.08. The van der Waals surface area contributed by atoms with Gasteiger partial charge in [-0.2, -0.15) is 5.26 Å². The molecule has 0 amide bonds. The van der Waals surface area contributed by atoms with Crippen molar-refractivity contribution < 1.29 is 4.39 Å². The van der Waals surface area contributed by atoms with E-state index in [-0.39, 0.29) is 5.82 Å². The zero-order chi connectivity index (χ0) is 9.97. The summed E-state index contributed by atoms with van der Waals surface area (Å²) in [6.45, 7) is 1.78. The number of rotatable bonds is 2. The van der Waals surface area contributed by atoms with Crippen LogP contribution in [-0.2, 0) is 0 Å². The number of nitrogens with zero attached hydrogens (tertiary/aromatic N) is 1. The quantitative estimate of drug-likeness (QED) is 0.735. The summed E-state index contributed by atoms with van der Waals surface area (Å²) in [7, 11) is 0. The Balaban J connectivity index is 2.19. The third kappa shape index (κ3) is 1.68. The Morgan fingerprint density at radius 1 is 1.50 bits per heavy atom. The van der Waals surface area contributed by atoms with Crippen molar-refractivity contribution in [2.24, 2.45) is 0 Å². The standard InChI is InChI=1S/C10H10FN3/c11-8-1-2-10(7(3-8)4-12)14-9-5-13-6-9/h1-3,9,13-14H,5-6H2. The van der Waals surface area contributed by atoms with E-state index in [4.69, 9.17) is 5.26 Å². The Bertz CT molecular complexity index is 379. The lowest BCUT2D eigenvalue weighted by atomic mass is 10.1. The van der Waals surface area contributed by atoms with Gasteiger partial charge in [0.2, 0.25) is 0 Å². The van der Waals surface area contributed by atoms with Gasteiger partial charge >= 0.3 is 0 Å². The normalized spacial score (nSPS) is 15.7. The van der Waals surface area contributed by atoms with Gasteiger partial charge in [0.05, 0.1) is 17.3 Å². The van der Waals surface area contributed by atoms with E-state index in [0.29, 0.717) is 17.3 Å². The maximum atomic E-state index is 12.8. The predicted molar refractivity (Wildman–Crippen MR) is 51.4 cm³/mol. The van der Waals surface area contributed by atoms with Crippen molar-refractivity contribution in [3.05, 3.63) is 29.6 Å². The molecule has 1 saturated heterocycles. The van der Waals surface area contributed by atoms with Gasteiger partial charge in [-0.15, -0.1) is 0 Å². The summed E-state index contributed by atoms with van der Waals surface area (Å²) in [4.78, 5) is 0. The third-order valence-electron chi connectivity index (χ3n) is 2.24. The average Bonchev–Trinajstić information content (AvgIpc) is 2.13. The first kappa shape index (κ1) is 8.97. The van der Waals surface area contributed by atoms with Gasteiger partial charge < -0.3 is 10.6 Å². The van der Waals surface area contributed by atoms with Crippen molar-refractivity contribution in [2.75, 3.05) is 18.4 Å². The van der Waals surface area contributed by atoms with Gasteiger partial charge in [0, 0.05) is 13.1 Å². The molecule has 2 N–H and O–H groups in total. The summed E-state index contributed by atoms with van der Waals surface area (Å²) in [6.07, 6.45) is 0. The highest BCUT2D eigenvalue weighted by molar-refractivity contribution is 5.58. The molecule has 0 aromatic heterocycles. The van der Waals surface area contributed by atoms with Crippen molar-refractivity contribution in [2.45, 2.75) is 6.04 Å². The van der Waals surface area contributed by atoms with Gasteiger partial charge in [0.1, 0.15) is 11.9 Å². The number of nitrogens with one attached hydrogen (secondary N) is 2. The molecule has 14 heavy (non-hydrogen) atoms. The summed E-state index contributed by atoms with van der Waals surface area (Å²) in [5, 5.41) is 15.1. The first-order valence-corrected chi connectivity index (χ1v) is 4.46. The molecule has 0 spiro atoms. The van der Waals surface area contributed by atoms with Crippen LogP contribution in [0.5, 0.6) is 0 Å². The minimum absolute atomic E-state index is 0.354. The van der Waals surface area contributed by atoms with Gasteiger partial charge in [0.15, 0.2) is 0 Å². The maximum Gasteiger partial charge on any atom is 0.124 e. The van der Waals surface area contributed by atoms with E-state index in [9.17, 15) is 4.39 Å². The summed E-state index contributed by atoms with van der Waals surface area (Å²) >= 11 is 0. The van der Waals surface area contributed by atoms with E-state index < -0.39 is 0 Å². The fraction of sp³-hybridized carbons (Fsp3) is 0.300. The Hall–Kier alpha value is -1.60. The summed E-state index contributed by atoms with van der Waals surface area (Å²) in [6, 6.07) is 6.53. The highest BCUT2D eigenvalue weighted by atomic mass is 19.1. The molecule has 0 saturated carbocycles. The Kier molecular flexibility index (Phi) is 2.33. The molecular weight excluding hydrogens is 181 g/mol. The lowest BCUT2D eigenvalue weighted by Crippen LogP contribution is -2.51. The minimum atomic E-state index is -0.376. The second kappa shape index (κ2) is 3.64. The molecule has 1 aliphatic rings. The molecule has 72 valence electrons. The number of anilines is 1. The van der Waals surface area contributed by atoms with E-state index in [1.54, 1.807) is 6.07 Å². The SMILES string of the molecule is N#Cc1cc(F)ccc1NC1CNC1. The molecule has 0 aliphatic carbocycles. The molecule has 0 atom stereocenters. The average molecular weight is 191 g/mol. The fourth-order valence-corrected chi connectivity index (χ4v) is 1.35. The van der Waals surface area contributed by atoms with Crippen LogP contribution in [0.4, 0.5) is 10.1 Å². The summed E-state index contributed by atoms with van der Waals surface area (Å²) in [5.41, 5.74) is 1.07. The molecule has 1 aromatic rings. The maximum absolute atomic E-state index is 12.8. The van der Waals surface area contributed by atoms with Crippen LogP contribution < -0.4 is 10.6 Å². The molecule has 0 unspecified atom stereocenters. The van der Waals surface area contributed by atoms with Crippen molar-refractivity contribution >= 4 is 5.69 Å². The zero-order valence-electron chi connectivity index (χ0n) is 7.55. The summed E-state index contributed by atoms with van der Waals surface area (Å²) < 4.78 is 12.8. The smallest absolute Gasteiger partial charge is 0.124 e. The second-order valence-corrected chi connectivity index (χ2v) is 3.30. The minimum Gasteiger partial charge on any atom is -0.379 e. The van der Waals surface area contributed by atoms with Gasteiger partial charge in [-0.05, 0) is 18.2 Å². The van der Waals surface area contributed by atoms with Crippen LogP contribution in [0.15, 0.2) is 18.2 Å². The molecule has 4 heteroatoms. The Labute approximate surface area is 81.5 Å². The van der Waals surface area contributed by atoms with E-state index >= 15 is 0 Å². The number of halogens is 1. The molecule has 3 nitrogen and oxygen atoms in total. The van der Waals surface area contributed by atoms with Crippen LogP contribution in [0.3, 0.4) is 0 Å². The molecule has 0 radical (unpaired) electrons. The Morgan fingerprint density at radius 3 is 2.86 bits per heavy atom. The Morgan fingerprint density at radius 2 is 2.29 bits per heavy atom. The van der Waals surface area contributed by atoms with Gasteiger partial charge in [-0.1, -0.05) is 0 Å². The monoisotopic (exact) mass is 191 g/mol. The van der Waals surface area contributed by atoms with Crippen molar-refractivity contribution in [3.8, 4) is 6.07 Å². The molecule has 1 fully saturated rings. The van der Waals surface area contributed by atoms with Gasteiger partial charge in [-0.25, -0.2) is 4.39 Å². The van der Waals surface area contributed by atoms with Crippen LogP contribution in [0.25, 0.3) is 0 Å².